The van der Waals surface area contributed by atoms with Crippen molar-refractivity contribution < 1.29 is 28.7 Å². The Balaban J connectivity index is 1.82. The summed E-state index contributed by atoms with van der Waals surface area (Å²) in [5.74, 6) is -2.98. The predicted octanol–water partition coefficient (Wildman–Crippen LogP) is -0.860. The number of primary amides is 1. The SMILES string of the molecule is CN1CCOc2ccccc2C(=O)N[C@H](C(=O)NCCc2ccccn2)CC(=O)N[C@@H](CC(N)=O)C1=O. The number of hydrogen-bond acceptors (Lipinski definition) is 7. The molecule has 1 aliphatic rings. The highest BCUT2D eigenvalue weighted by atomic mass is 16.5. The second kappa shape index (κ2) is 13.0. The molecule has 5 N–H and O–H groups in total. The van der Waals surface area contributed by atoms with Crippen LogP contribution < -0.4 is 26.4 Å². The second-order valence-corrected chi connectivity index (χ2v) is 8.49. The first kappa shape index (κ1) is 27.1. The van der Waals surface area contributed by atoms with Crippen LogP contribution in [0.25, 0.3) is 0 Å². The topological polar surface area (TPSA) is 173 Å². The van der Waals surface area contributed by atoms with Crippen LogP contribution in [0.2, 0.25) is 0 Å². The molecule has 2 heterocycles. The average molecular weight is 511 g/mol. The monoisotopic (exact) mass is 510 g/mol. The number of pyridine rings is 1. The minimum Gasteiger partial charge on any atom is -0.491 e. The zero-order valence-corrected chi connectivity index (χ0v) is 20.4. The number of amides is 5. The molecule has 2 aromatic rings. The van der Waals surface area contributed by atoms with E-state index in [1.165, 1.54) is 18.0 Å². The van der Waals surface area contributed by atoms with Crippen molar-refractivity contribution in [1.29, 1.82) is 0 Å². The van der Waals surface area contributed by atoms with E-state index in [2.05, 4.69) is 20.9 Å². The zero-order valence-electron chi connectivity index (χ0n) is 20.4. The van der Waals surface area contributed by atoms with Crippen LogP contribution in [0, 0.1) is 0 Å². The molecular formula is C25H30N6O6. The molecule has 0 aliphatic carbocycles. The fourth-order valence-corrected chi connectivity index (χ4v) is 3.72. The summed E-state index contributed by atoms with van der Waals surface area (Å²) in [4.78, 5) is 68.8. The second-order valence-electron chi connectivity index (χ2n) is 8.49. The first-order chi connectivity index (χ1) is 17.7. The van der Waals surface area contributed by atoms with Gasteiger partial charge in [0.25, 0.3) is 5.91 Å². The Labute approximate surface area is 213 Å². The van der Waals surface area contributed by atoms with Crippen LogP contribution in [0.4, 0.5) is 0 Å². The van der Waals surface area contributed by atoms with Crippen molar-refractivity contribution >= 4 is 29.5 Å². The summed E-state index contributed by atoms with van der Waals surface area (Å²) in [5, 5.41) is 7.76. The number of fused-ring (bicyclic) bond motifs is 1. The molecule has 196 valence electrons. The Hall–Kier alpha value is -4.48. The molecule has 1 aromatic carbocycles. The third kappa shape index (κ3) is 8.02. The normalized spacial score (nSPS) is 18.9. The summed E-state index contributed by atoms with van der Waals surface area (Å²) in [6, 6.07) is 9.37. The molecule has 5 amide bonds. The predicted molar refractivity (Wildman–Crippen MR) is 132 cm³/mol. The largest absolute Gasteiger partial charge is 0.491 e. The van der Waals surface area contributed by atoms with Crippen molar-refractivity contribution in [2.45, 2.75) is 31.3 Å². The molecular weight excluding hydrogens is 480 g/mol. The Bertz CT molecular complexity index is 1140. The lowest BCUT2D eigenvalue weighted by molar-refractivity contribution is -0.137. The average Bonchev–Trinajstić information content (AvgIpc) is 2.87. The van der Waals surface area contributed by atoms with E-state index < -0.39 is 54.5 Å². The van der Waals surface area contributed by atoms with Crippen molar-refractivity contribution in [2.24, 2.45) is 5.73 Å². The molecule has 0 unspecified atom stereocenters. The van der Waals surface area contributed by atoms with Gasteiger partial charge in [0.15, 0.2) is 0 Å². The molecule has 0 spiro atoms. The number of aromatic nitrogens is 1. The van der Waals surface area contributed by atoms with E-state index in [4.69, 9.17) is 10.5 Å². The number of nitrogens with two attached hydrogens (primary N) is 1. The van der Waals surface area contributed by atoms with Gasteiger partial charge in [-0.25, -0.2) is 0 Å². The summed E-state index contributed by atoms with van der Waals surface area (Å²) in [6.07, 6.45) is 1.18. The van der Waals surface area contributed by atoms with Gasteiger partial charge in [-0.1, -0.05) is 18.2 Å². The molecule has 0 radical (unpaired) electrons. The first-order valence-corrected chi connectivity index (χ1v) is 11.8. The van der Waals surface area contributed by atoms with Crippen LogP contribution >= 0.6 is 0 Å². The number of nitrogens with zero attached hydrogens (tertiary/aromatic N) is 2. The number of benzene rings is 1. The summed E-state index contributed by atoms with van der Waals surface area (Å²) in [6.45, 7) is 0.388. The van der Waals surface area contributed by atoms with Gasteiger partial charge in [0.2, 0.25) is 23.6 Å². The molecule has 1 aromatic heterocycles. The van der Waals surface area contributed by atoms with E-state index in [0.29, 0.717) is 6.42 Å². The van der Waals surface area contributed by atoms with Crippen molar-refractivity contribution in [3.05, 3.63) is 59.9 Å². The van der Waals surface area contributed by atoms with Gasteiger partial charge in [0, 0.05) is 31.9 Å². The Morgan fingerprint density at radius 3 is 2.62 bits per heavy atom. The summed E-state index contributed by atoms with van der Waals surface area (Å²) < 4.78 is 5.73. The minimum atomic E-state index is -1.27. The van der Waals surface area contributed by atoms with Gasteiger partial charge in [0.05, 0.1) is 24.9 Å². The van der Waals surface area contributed by atoms with Gasteiger partial charge in [-0.05, 0) is 24.3 Å². The third-order valence-electron chi connectivity index (χ3n) is 5.65. The smallest absolute Gasteiger partial charge is 0.255 e. The standard InChI is InChI=1S/C25H30N6O6/c1-31-12-13-37-20-8-3-2-7-17(20)23(34)30-18(15-22(33)29-19(25(31)36)14-21(26)32)24(35)28-11-9-16-6-4-5-10-27-16/h2-8,10,18-19H,9,11-15H2,1H3,(H2,26,32)(H,28,35)(H,29,33)(H,30,34)/t18-,19-/m0/s1. The Kier molecular flexibility index (Phi) is 9.53. The zero-order chi connectivity index (χ0) is 26.8. The van der Waals surface area contributed by atoms with Crippen LogP contribution in [0.15, 0.2) is 48.7 Å². The number of carbonyl (C=O) groups is 5. The lowest BCUT2D eigenvalue weighted by Gasteiger charge is -2.26. The number of ether oxygens (including phenoxy) is 1. The third-order valence-corrected chi connectivity index (χ3v) is 5.65. The maximum atomic E-state index is 13.1. The molecule has 2 atom stereocenters. The summed E-state index contributed by atoms with van der Waals surface area (Å²) in [7, 11) is 1.49. The van der Waals surface area contributed by atoms with Crippen LogP contribution in [0.3, 0.4) is 0 Å². The van der Waals surface area contributed by atoms with Crippen LogP contribution in [-0.2, 0) is 25.6 Å². The molecule has 0 saturated heterocycles. The van der Waals surface area contributed by atoms with E-state index in [0.717, 1.165) is 5.69 Å². The van der Waals surface area contributed by atoms with Crippen LogP contribution in [0.1, 0.15) is 28.9 Å². The molecule has 37 heavy (non-hydrogen) atoms. The van der Waals surface area contributed by atoms with Crippen LogP contribution in [-0.4, -0.2) is 78.2 Å². The molecule has 1 aliphatic heterocycles. The van der Waals surface area contributed by atoms with E-state index in [1.54, 1.807) is 30.5 Å². The number of nitrogens with one attached hydrogen (secondary N) is 3. The quantitative estimate of drug-likeness (QED) is 0.391. The molecule has 3 rings (SSSR count). The summed E-state index contributed by atoms with van der Waals surface area (Å²) >= 11 is 0. The van der Waals surface area contributed by atoms with E-state index in [-0.39, 0.29) is 31.0 Å². The number of carbonyl (C=O) groups excluding carboxylic acids is 5. The number of likely N-dealkylation sites (N-methyl/N-ethyl adjacent to an activating group) is 1. The van der Waals surface area contributed by atoms with E-state index in [9.17, 15) is 24.0 Å². The number of para-hydroxylation sites is 1. The fraction of sp³-hybridized carbons (Fsp3) is 0.360. The lowest BCUT2D eigenvalue weighted by Crippen LogP contribution is -2.53. The van der Waals surface area contributed by atoms with Gasteiger partial charge < -0.3 is 31.3 Å². The highest BCUT2D eigenvalue weighted by Gasteiger charge is 2.30. The van der Waals surface area contributed by atoms with Gasteiger partial charge in [0.1, 0.15) is 24.4 Å². The van der Waals surface area contributed by atoms with Crippen molar-refractivity contribution in [2.75, 3.05) is 26.7 Å². The van der Waals surface area contributed by atoms with Crippen molar-refractivity contribution in [3.63, 3.8) is 0 Å². The van der Waals surface area contributed by atoms with Gasteiger partial charge in [-0.3, -0.25) is 29.0 Å². The highest BCUT2D eigenvalue weighted by Crippen LogP contribution is 2.18. The molecule has 0 saturated carbocycles. The minimum absolute atomic E-state index is 0.0429. The van der Waals surface area contributed by atoms with Gasteiger partial charge in [-0.15, -0.1) is 0 Å². The Morgan fingerprint density at radius 1 is 1.14 bits per heavy atom. The van der Waals surface area contributed by atoms with E-state index >= 15 is 0 Å². The Morgan fingerprint density at radius 2 is 1.89 bits per heavy atom. The first-order valence-electron chi connectivity index (χ1n) is 11.8. The fourth-order valence-electron chi connectivity index (χ4n) is 3.72. The summed E-state index contributed by atoms with van der Waals surface area (Å²) in [5.41, 5.74) is 6.21. The van der Waals surface area contributed by atoms with Gasteiger partial charge >= 0.3 is 0 Å². The molecule has 12 nitrogen and oxygen atoms in total. The van der Waals surface area contributed by atoms with Crippen LogP contribution in [0.5, 0.6) is 5.75 Å². The van der Waals surface area contributed by atoms with Gasteiger partial charge in [-0.2, -0.15) is 0 Å². The number of hydrogen-bond donors (Lipinski definition) is 4. The van der Waals surface area contributed by atoms with Crippen molar-refractivity contribution in [1.82, 2.24) is 25.8 Å². The number of rotatable bonds is 6. The molecule has 0 bridgehead atoms. The maximum Gasteiger partial charge on any atom is 0.255 e. The van der Waals surface area contributed by atoms with Crippen molar-refractivity contribution in [3.8, 4) is 5.75 Å². The highest BCUT2D eigenvalue weighted by molar-refractivity contribution is 6.01. The maximum absolute atomic E-state index is 13.1. The lowest BCUT2D eigenvalue weighted by atomic mass is 10.1. The molecule has 0 fully saturated rings. The van der Waals surface area contributed by atoms with E-state index in [1.807, 2.05) is 12.1 Å². The molecule has 12 heteroatoms.